The first-order valence-corrected chi connectivity index (χ1v) is 16.9. The van der Waals surface area contributed by atoms with Crippen LogP contribution in [0.5, 0.6) is 11.5 Å². The van der Waals surface area contributed by atoms with Gasteiger partial charge in [-0.05, 0) is 82.4 Å². The molecule has 1 heterocycles. The van der Waals surface area contributed by atoms with Crippen molar-refractivity contribution in [1.82, 2.24) is 15.5 Å². The smallest absolute Gasteiger partial charge is 0.407 e. The summed E-state index contributed by atoms with van der Waals surface area (Å²) >= 11 is 0. The molecule has 1 fully saturated rings. The van der Waals surface area contributed by atoms with Crippen molar-refractivity contribution in [1.29, 1.82) is 0 Å². The second-order valence-corrected chi connectivity index (χ2v) is 13.9. The number of rotatable bonds is 19. The van der Waals surface area contributed by atoms with Crippen LogP contribution in [0.4, 0.5) is 4.79 Å². The van der Waals surface area contributed by atoms with E-state index in [0.29, 0.717) is 44.1 Å². The molecule has 1 aromatic rings. The zero-order chi connectivity index (χ0) is 34.3. The number of benzene rings is 1. The molecule has 0 aromatic heterocycles. The number of hydrogen-bond donors (Lipinski definition) is 4. The highest BCUT2D eigenvalue weighted by Crippen LogP contribution is 2.32. The third-order valence-electron chi connectivity index (χ3n) is 8.47. The maximum atomic E-state index is 13.0. The van der Waals surface area contributed by atoms with Crippen LogP contribution < -0.4 is 20.1 Å². The predicted molar refractivity (Wildman–Crippen MR) is 179 cm³/mol. The normalized spacial score (nSPS) is 17.2. The molecule has 1 aromatic carbocycles. The van der Waals surface area contributed by atoms with Crippen LogP contribution in [-0.4, -0.2) is 105 Å². The molecule has 11 nitrogen and oxygen atoms in total. The Hall–Kier alpha value is -2.60. The van der Waals surface area contributed by atoms with E-state index in [2.05, 4.69) is 29.4 Å². The van der Waals surface area contributed by atoms with Crippen molar-refractivity contribution in [3.8, 4) is 11.5 Å². The van der Waals surface area contributed by atoms with Crippen LogP contribution in [0.2, 0.25) is 0 Å². The highest BCUT2D eigenvalue weighted by atomic mass is 16.6. The number of amides is 2. The molecule has 0 radical (unpaired) electrons. The lowest BCUT2D eigenvalue weighted by atomic mass is 9.82. The second kappa shape index (κ2) is 19.9. The number of nitrogens with one attached hydrogen (secondary N) is 2. The van der Waals surface area contributed by atoms with Gasteiger partial charge < -0.3 is 44.7 Å². The van der Waals surface area contributed by atoms with Gasteiger partial charge in [0.25, 0.3) is 0 Å². The molecule has 0 saturated carbocycles. The number of nitrogens with zero attached hydrogens (tertiary/aromatic N) is 1. The van der Waals surface area contributed by atoms with Gasteiger partial charge in [0, 0.05) is 52.2 Å². The van der Waals surface area contributed by atoms with Crippen molar-refractivity contribution in [2.75, 3.05) is 53.6 Å². The lowest BCUT2D eigenvalue weighted by molar-refractivity contribution is -0.125. The number of methoxy groups -OCH3 is 2. The van der Waals surface area contributed by atoms with E-state index in [1.54, 1.807) is 41.9 Å². The molecule has 11 heteroatoms. The average Bonchev–Trinajstić information content (AvgIpc) is 2.98. The molecule has 4 atom stereocenters. The molecule has 1 saturated heterocycles. The number of likely N-dealkylation sites (tertiary alicyclic amines) is 1. The number of alkyl carbamates (subject to hydrolysis) is 1. The standard InChI is InChI=1S/C35H61N3O8/c1-24(2)27(21-26-10-11-31(44-8)32(22-26)45-19-9-18-43-7)23-29(37-34(42)46-35(4,5)6)30(40)20-25(3)33(41)36-14-17-38-15-12-28(39)13-16-38/h10-11,22,24-25,27-30,39-40H,9,12-21,23H2,1-8H3,(H,36,41)(H,37,42). The first-order chi connectivity index (χ1) is 21.7. The number of ether oxygens (including phenoxy) is 4. The Morgan fingerprint density at radius 1 is 1.04 bits per heavy atom. The van der Waals surface area contributed by atoms with Gasteiger partial charge in [0.15, 0.2) is 11.5 Å². The molecule has 2 amide bonds. The Balaban J connectivity index is 2.11. The van der Waals surface area contributed by atoms with Gasteiger partial charge in [-0.1, -0.05) is 26.8 Å². The van der Waals surface area contributed by atoms with Crippen LogP contribution in [0.3, 0.4) is 0 Å². The van der Waals surface area contributed by atoms with E-state index in [0.717, 1.165) is 44.5 Å². The highest BCUT2D eigenvalue weighted by Gasteiger charge is 2.31. The van der Waals surface area contributed by atoms with Gasteiger partial charge in [0.1, 0.15) is 5.60 Å². The molecule has 0 spiro atoms. The van der Waals surface area contributed by atoms with Gasteiger partial charge in [0.05, 0.1) is 32.0 Å². The van der Waals surface area contributed by atoms with E-state index in [1.807, 2.05) is 18.2 Å². The van der Waals surface area contributed by atoms with Crippen LogP contribution in [-0.2, 0) is 20.7 Å². The van der Waals surface area contributed by atoms with Crippen molar-refractivity contribution < 1.29 is 38.7 Å². The Kier molecular flexibility index (Phi) is 17.1. The van der Waals surface area contributed by atoms with Crippen LogP contribution in [0, 0.1) is 17.8 Å². The zero-order valence-electron chi connectivity index (χ0n) is 29.5. The minimum absolute atomic E-state index is 0.0940. The van der Waals surface area contributed by atoms with Crippen LogP contribution in [0.25, 0.3) is 0 Å². The van der Waals surface area contributed by atoms with E-state index < -0.39 is 29.8 Å². The predicted octanol–water partition coefficient (Wildman–Crippen LogP) is 4.17. The average molecular weight is 652 g/mol. The summed E-state index contributed by atoms with van der Waals surface area (Å²) in [5.74, 6) is 1.06. The first kappa shape index (κ1) is 39.6. The molecule has 1 aliphatic rings. The summed E-state index contributed by atoms with van der Waals surface area (Å²) in [6, 6.07) is 5.28. The zero-order valence-corrected chi connectivity index (χ0v) is 29.5. The van der Waals surface area contributed by atoms with Crippen molar-refractivity contribution >= 4 is 12.0 Å². The molecule has 264 valence electrons. The number of aliphatic hydroxyl groups is 2. The van der Waals surface area contributed by atoms with Crippen LogP contribution in [0.15, 0.2) is 18.2 Å². The molecule has 1 aliphatic heterocycles. The molecule has 0 aliphatic carbocycles. The fourth-order valence-corrected chi connectivity index (χ4v) is 5.63. The van der Waals surface area contributed by atoms with Crippen molar-refractivity contribution in [3.05, 3.63) is 23.8 Å². The topological polar surface area (TPSA) is 139 Å². The fourth-order valence-electron chi connectivity index (χ4n) is 5.63. The van der Waals surface area contributed by atoms with E-state index >= 15 is 0 Å². The van der Waals surface area contributed by atoms with E-state index in [9.17, 15) is 19.8 Å². The first-order valence-electron chi connectivity index (χ1n) is 16.9. The van der Waals surface area contributed by atoms with Gasteiger partial charge in [-0.2, -0.15) is 0 Å². The second-order valence-electron chi connectivity index (χ2n) is 13.9. The van der Waals surface area contributed by atoms with Crippen molar-refractivity contribution in [3.63, 3.8) is 0 Å². The quantitative estimate of drug-likeness (QED) is 0.162. The highest BCUT2D eigenvalue weighted by molar-refractivity contribution is 5.78. The Labute approximate surface area is 276 Å². The summed E-state index contributed by atoms with van der Waals surface area (Å²) in [7, 11) is 3.28. The fraction of sp³-hybridized carbons (Fsp3) is 0.771. The third-order valence-corrected chi connectivity index (χ3v) is 8.47. The van der Waals surface area contributed by atoms with Crippen molar-refractivity contribution in [2.24, 2.45) is 17.8 Å². The van der Waals surface area contributed by atoms with Gasteiger partial charge in [-0.3, -0.25) is 4.79 Å². The van der Waals surface area contributed by atoms with Gasteiger partial charge in [-0.15, -0.1) is 0 Å². The molecular formula is C35H61N3O8. The Morgan fingerprint density at radius 2 is 1.74 bits per heavy atom. The van der Waals surface area contributed by atoms with Gasteiger partial charge >= 0.3 is 6.09 Å². The summed E-state index contributed by atoms with van der Waals surface area (Å²) in [4.78, 5) is 28.1. The molecule has 4 unspecified atom stereocenters. The summed E-state index contributed by atoms with van der Waals surface area (Å²) < 4.78 is 22.2. The Morgan fingerprint density at radius 3 is 2.35 bits per heavy atom. The minimum Gasteiger partial charge on any atom is -0.493 e. The third kappa shape index (κ3) is 14.9. The monoisotopic (exact) mass is 651 g/mol. The van der Waals surface area contributed by atoms with Crippen LogP contribution in [0.1, 0.15) is 79.2 Å². The summed E-state index contributed by atoms with van der Waals surface area (Å²) in [6.45, 7) is 15.4. The maximum Gasteiger partial charge on any atom is 0.407 e. The molecule has 46 heavy (non-hydrogen) atoms. The number of carbonyl (C=O) groups excluding carboxylic acids is 2. The Bertz CT molecular complexity index is 1040. The molecule has 4 N–H and O–H groups in total. The number of aliphatic hydroxyl groups excluding tert-OH is 2. The lowest BCUT2D eigenvalue weighted by Crippen LogP contribution is -2.48. The van der Waals surface area contributed by atoms with E-state index in [1.165, 1.54) is 0 Å². The number of hydrogen-bond acceptors (Lipinski definition) is 9. The van der Waals surface area contributed by atoms with Crippen molar-refractivity contribution in [2.45, 2.75) is 104 Å². The molecule has 2 rings (SSSR count). The SMILES string of the molecule is COCCCOc1cc(CC(CC(NC(=O)OC(C)(C)C)C(O)CC(C)C(=O)NCCN2CCC(O)CC2)C(C)C)ccc1OC. The van der Waals surface area contributed by atoms with E-state index in [4.69, 9.17) is 18.9 Å². The summed E-state index contributed by atoms with van der Waals surface area (Å²) in [5.41, 5.74) is 0.363. The van der Waals surface area contributed by atoms with Crippen LogP contribution >= 0.6 is 0 Å². The largest absolute Gasteiger partial charge is 0.493 e. The number of carbonyl (C=O) groups is 2. The van der Waals surface area contributed by atoms with Gasteiger partial charge in [-0.25, -0.2) is 4.79 Å². The number of piperidine rings is 1. The van der Waals surface area contributed by atoms with E-state index in [-0.39, 0.29) is 30.3 Å². The lowest BCUT2D eigenvalue weighted by Gasteiger charge is -2.32. The molecule has 0 bridgehead atoms. The minimum atomic E-state index is -0.964. The van der Waals surface area contributed by atoms with Gasteiger partial charge in [0.2, 0.25) is 5.91 Å². The maximum absolute atomic E-state index is 13.0. The summed E-state index contributed by atoms with van der Waals surface area (Å²) in [5, 5.41) is 27.1. The summed E-state index contributed by atoms with van der Waals surface area (Å²) in [6.07, 6.45) is 1.84. The molecular weight excluding hydrogens is 590 g/mol.